The van der Waals surface area contributed by atoms with E-state index >= 15 is 0 Å². The molecule has 2 rings (SSSR count). The van der Waals surface area contributed by atoms with Crippen LogP contribution in [0.2, 0.25) is 0 Å². The molecule has 0 bridgehead atoms. The number of aromatic nitrogens is 5. The second-order valence-electron chi connectivity index (χ2n) is 5.90. The maximum atomic E-state index is 12.1. The summed E-state index contributed by atoms with van der Waals surface area (Å²) in [5.41, 5.74) is -0.890. The van der Waals surface area contributed by atoms with E-state index in [1.54, 1.807) is 0 Å². The second kappa shape index (κ2) is 6.87. The Kier molecular flexibility index (Phi) is 5.07. The zero-order valence-electron chi connectivity index (χ0n) is 14.4. The third-order valence-corrected chi connectivity index (χ3v) is 3.92. The summed E-state index contributed by atoms with van der Waals surface area (Å²) in [6.45, 7) is 2.01. The molecule has 0 spiro atoms. The number of nitrogens with zero attached hydrogens (tertiary/aromatic N) is 6. The smallest absolute Gasteiger partial charge is 0.332 e. The monoisotopic (exact) mass is 335 g/mol. The molecule has 1 amide bonds. The molecule has 1 atom stereocenters. The molecule has 0 aliphatic rings. The normalized spacial score (nSPS) is 12.6. The Morgan fingerprint density at radius 2 is 1.88 bits per heavy atom. The molecule has 1 unspecified atom stereocenters. The van der Waals surface area contributed by atoms with Gasteiger partial charge in [0.25, 0.3) is 5.56 Å². The molecule has 1 N–H and O–H groups in total. The average Bonchev–Trinajstić information content (AvgIpc) is 2.55. The Morgan fingerprint density at radius 3 is 2.50 bits per heavy atom. The third kappa shape index (κ3) is 3.48. The van der Waals surface area contributed by atoms with Crippen LogP contribution < -0.4 is 16.6 Å². The van der Waals surface area contributed by atoms with E-state index in [1.165, 1.54) is 18.7 Å². The lowest BCUT2D eigenvalue weighted by atomic mass is 10.2. The van der Waals surface area contributed by atoms with E-state index in [2.05, 4.69) is 20.5 Å². The summed E-state index contributed by atoms with van der Waals surface area (Å²) in [5, 5.41) is 10.5. The highest BCUT2D eigenvalue weighted by atomic mass is 16.2. The van der Waals surface area contributed by atoms with Crippen molar-refractivity contribution in [2.45, 2.75) is 25.9 Å². The van der Waals surface area contributed by atoms with Gasteiger partial charge in [0.15, 0.2) is 17.0 Å². The Balaban J connectivity index is 2.22. The van der Waals surface area contributed by atoms with Gasteiger partial charge in [-0.1, -0.05) is 0 Å². The molecule has 10 heteroatoms. The van der Waals surface area contributed by atoms with Crippen molar-refractivity contribution in [2.24, 2.45) is 14.1 Å². The molecule has 2 heterocycles. The topological polar surface area (TPSA) is 115 Å². The van der Waals surface area contributed by atoms with E-state index in [0.29, 0.717) is 6.42 Å². The van der Waals surface area contributed by atoms with Crippen molar-refractivity contribution in [3.8, 4) is 0 Å². The second-order valence-corrected chi connectivity index (χ2v) is 5.90. The molecule has 0 fully saturated rings. The lowest BCUT2D eigenvalue weighted by molar-refractivity contribution is -0.122. The van der Waals surface area contributed by atoms with Gasteiger partial charge in [-0.3, -0.25) is 18.7 Å². The Labute approximate surface area is 138 Å². The first-order valence-corrected chi connectivity index (χ1v) is 7.44. The van der Waals surface area contributed by atoms with E-state index in [4.69, 9.17) is 0 Å². The lowest BCUT2D eigenvalue weighted by Crippen LogP contribution is -2.38. The van der Waals surface area contributed by atoms with E-state index in [9.17, 15) is 14.4 Å². The fraction of sp³-hybridized carbons (Fsp3) is 0.571. The molecular weight excluding hydrogens is 314 g/mol. The molecule has 2 aromatic rings. The largest absolute Gasteiger partial charge is 0.349 e. The summed E-state index contributed by atoms with van der Waals surface area (Å²) in [6.07, 6.45) is 0.338. The Morgan fingerprint density at radius 1 is 1.21 bits per heavy atom. The van der Waals surface area contributed by atoms with Gasteiger partial charge in [0.1, 0.15) is 0 Å². The number of fused-ring (bicyclic) bond motifs is 1. The van der Waals surface area contributed by atoms with Crippen molar-refractivity contribution >= 4 is 17.1 Å². The van der Waals surface area contributed by atoms with Crippen LogP contribution in [0.4, 0.5) is 0 Å². The maximum Gasteiger partial charge on any atom is 0.332 e. The minimum absolute atomic E-state index is 0.0421. The highest BCUT2D eigenvalue weighted by Crippen LogP contribution is 2.01. The Bertz CT molecular complexity index is 884. The molecule has 0 radical (unpaired) electrons. The molecule has 0 saturated heterocycles. The van der Waals surface area contributed by atoms with Gasteiger partial charge in [-0.25, -0.2) is 9.78 Å². The first kappa shape index (κ1) is 17.7. The van der Waals surface area contributed by atoms with Crippen molar-refractivity contribution < 1.29 is 4.79 Å². The van der Waals surface area contributed by atoms with E-state index < -0.39 is 11.2 Å². The average molecular weight is 335 g/mol. The van der Waals surface area contributed by atoms with Crippen LogP contribution in [0.25, 0.3) is 11.2 Å². The van der Waals surface area contributed by atoms with Crippen molar-refractivity contribution in [3.63, 3.8) is 0 Å². The summed E-state index contributed by atoms with van der Waals surface area (Å²) in [5.74, 6) is 0.0670. The van der Waals surface area contributed by atoms with Gasteiger partial charge >= 0.3 is 5.69 Å². The van der Waals surface area contributed by atoms with Crippen LogP contribution in [0.1, 0.15) is 19.2 Å². The lowest BCUT2D eigenvalue weighted by Gasteiger charge is -2.18. The van der Waals surface area contributed by atoms with Crippen LogP contribution >= 0.6 is 0 Å². The highest BCUT2D eigenvalue weighted by Gasteiger charge is 2.14. The molecular formula is C14H21N7O3. The van der Waals surface area contributed by atoms with Crippen LogP contribution in [0.5, 0.6) is 0 Å². The highest BCUT2D eigenvalue weighted by molar-refractivity contribution is 5.76. The van der Waals surface area contributed by atoms with Crippen LogP contribution in [0.3, 0.4) is 0 Å². The number of rotatable bonds is 5. The van der Waals surface area contributed by atoms with E-state index in [0.717, 1.165) is 4.57 Å². The van der Waals surface area contributed by atoms with Crippen molar-refractivity contribution in [1.82, 2.24) is 34.5 Å². The molecule has 24 heavy (non-hydrogen) atoms. The third-order valence-electron chi connectivity index (χ3n) is 3.92. The van der Waals surface area contributed by atoms with Crippen LogP contribution in [0, 0.1) is 0 Å². The summed E-state index contributed by atoms with van der Waals surface area (Å²) in [6, 6.07) is 0.0995. The first-order valence-electron chi connectivity index (χ1n) is 7.44. The van der Waals surface area contributed by atoms with Crippen molar-refractivity contribution in [3.05, 3.63) is 26.7 Å². The number of aryl methyl sites for hydroxylation is 1. The molecule has 0 aliphatic heterocycles. The SMILES string of the molecule is CC(CC(=O)NCc1nnc2c(n1)c(=O)n(C)c(=O)n2C)N(C)C. The van der Waals surface area contributed by atoms with Crippen LogP contribution in [-0.2, 0) is 25.4 Å². The number of nitrogens with one attached hydrogen (secondary N) is 1. The summed E-state index contributed by atoms with van der Waals surface area (Å²) >= 11 is 0. The fourth-order valence-electron chi connectivity index (χ4n) is 2.06. The van der Waals surface area contributed by atoms with Gasteiger partial charge in [0.05, 0.1) is 6.54 Å². The van der Waals surface area contributed by atoms with Gasteiger partial charge in [-0.05, 0) is 21.0 Å². The number of carbonyl (C=O) groups excluding carboxylic acids is 1. The molecule has 0 aromatic carbocycles. The minimum atomic E-state index is -0.545. The number of carbonyl (C=O) groups is 1. The van der Waals surface area contributed by atoms with Gasteiger partial charge < -0.3 is 10.2 Å². The molecule has 0 aliphatic carbocycles. The minimum Gasteiger partial charge on any atom is -0.349 e. The van der Waals surface area contributed by atoms with Crippen molar-refractivity contribution in [2.75, 3.05) is 14.1 Å². The van der Waals surface area contributed by atoms with Crippen molar-refractivity contribution in [1.29, 1.82) is 0 Å². The van der Waals surface area contributed by atoms with Gasteiger partial charge in [0.2, 0.25) is 5.91 Å². The fourth-order valence-corrected chi connectivity index (χ4v) is 2.06. The molecule has 130 valence electrons. The summed E-state index contributed by atoms with van der Waals surface area (Å²) in [4.78, 5) is 41.9. The quantitative estimate of drug-likeness (QED) is 0.698. The summed E-state index contributed by atoms with van der Waals surface area (Å²) in [7, 11) is 6.66. The van der Waals surface area contributed by atoms with Crippen LogP contribution in [-0.4, -0.2) is 55.3 Å². The van der Waals surface area contributed by atoms with E-state index in [-0.39, 0.29) is 35.5 Å². The predicted molar refractivity (Wildman–Crippen MR) is 87.4 cm³/mol. The zero-order valence-corrected chi connectivity index (χ0v) is 14.4. The van der Waals surface area contributed by atoms with Gasteiger partial charge in [0, 0.05) is 26.6 Å². The molecule has 10 nitrogen and oxygen atoms in total. The number of hydrogen-bond acceptors (Lipinski definition) is 7. The number of hydrogen-bond donors (Lipinski definition) is 1. The van der Waals surface area contributed by atoms with Gasteiger partial charge in [-0.15, -0.1) is 10.2 Å². The predicted octanol–water partition coefficient (Wildman–Crippen LogP) is -1.62. The van der Waals surface area contributed by atoms with Crippen LogP contribution in [0.15, 0.2) is 9.59 Å². The molecule has 0 saturated carbocycles. The standard InChI is InChI=1S/C14H21N7O3/c1-8(19(2)3)6-10(22)15-7-9-16-11-12(18-17-9)20(4)14(24)21(5)13(11)23/h8H,6-7H2,1-5H3,(H,15,22). The summed E-state index contributed by atoms with van der Waals surface area (Å²) < 4.78 is 2.16. The Hall–Kier alpha value is -2.62. The number of amides is 1. The van der Waals surface area contributed by atoms with Gasteiger partial charge in [-0.2, -0.15) is 0 Å². The zero-order chi connectivity index (χ0) is 18.0. The molecule has 2 aromatic heterocycles. The van der Waals surface area contributed by atoms with E-state index in [1.807, 2.05) is 25.9 Å². The first-order chi connectivity index (χ1) is 11.2. The maximum absolute atomic E-state index is 12.1.